The van der Waals surface area contributed by atoms with Crippen LogP contribution in [-0.2, 0) is 22.5 Å². The summed E-state index contributed by atoms with van der Waals surface area (Å²) < 4.78 is 20.4. The smallest absolute Gasteiger partial charge is 0.346 e. The maximum Gasteiger partial charge on any atom is 0.346 e. The third-order valence-electron chi connectivity index (χ3n) is 4.49. The standard InChI is InChI=1S/C18H21N3O6/c1-10-16(17(19)27-20-10)18(23)26-9-15(22)21-5-4-11-6-13(24-2)14(25-3)7-12(11)8-21/h6-7H,4-5,8-9,19H2,1-3H3. The number of carbonyl (C=O) groups excluding carboxylic acids is 2. The molecule has 1 aromatic carbocycles. The lowest BCUT2D eigenvalue weighted by molar-refractivity contribution is -0.135. The van der Waals surface area contributed by atoms with Crippen LogP contribution in [0.25, 0.3) is 0 Å². The van der Waals surface area contributed by atoms with Gasteiger partial charge in [0.05, 0.1) is 19.9 Å². The fourth-order valence-electron chi connectivity index (χ4n) is 3.02. The number of fused-ring (bicyclic) bond motifs is 1. The monoisotopic (exact) mass is 375 g/mol. The Bertz CT molecular complexity index is 857. The van der Waals surface area contributed by atoms with E-state index in [4.69, 9.17) is 24.5 Å². The zero-order chi connectivity index (χ0) is 19.6. The number of nitrogens with two attached hydrogens (primary N) is 1. The number of ether oxygens (including phenoxy) is 3. The Kier molecular flexibility index (Phi) is 5.20. The van der Waals surface area contributed by atoms with Crippen molar-refractivity contribution in [1.82, 2.24) is 10.1 Å². The van der Waals surface area contributed by atoms with Gasteiger partial charge in [0.1, 0.15) is 5.56 Å². The maximum absolute atomic E-state index is 12.5. The summed E-state index contributed by atoms with van der Waals surface area (Å²) in [5.74, 6) is 0.111. The molecule has 0 aliphatic carbocycles. The number of carbonyl (C=O) groups is 2. The fraction of sp³-hybridized carbons (Fsp3) is 0.389. The number of hydrogen-bond donors (Lipinski definition) is 1. The van der Waals surface area contributed by atoms with Gasteiger partial charge in [-0.15, -0.1) is 0 Å². The summed E-state index contributed by atoms with van der Waals surface area (Å²) in [7, 11) is 3.15. The molecule has 2 aromatic rings. The zero-order valence-corrected chi connectivity index (χ0v) is 15.4. The zero-order valence-electron chi connectivity index (χ0n) is 15.4. The maximum atomic E-state index is 12.5. The molecule has 1 amide bonds. The van der Waals surface area contributed by atoms with Gasteiger partial charge < -0.3 is 29.4 Å². The molecule has 2 heterocycles. The molecule has 1 aliphatic heterocycles. The van der Waals surface area contributed by atoms with E-state index in [1.165, 1.54) is 0 Å². The van der Waals surface area contributed by atoms with Gasteiger partial charge >= 0.3 is 5.97 Å². The normalized spacial score (nSPS) is 13.1. The minimum atomic E-state index is -0.733. The highest BCUT2D eigenvalue weighted by atomic mass is 16.5. The Hall–Kier alpha value is -3.23. The van der Waals surface area contributed by atoms with E-state index < -0.39 is 5.97 Å². The van der Waals surface area contributed by atoms with Crippen molar-refractivity contribution in [3.8, 4) is 11.5 Å². The van der Waals surface area contributed by atoms with Crippen molar-refractivity contribution in [2.24, 2.45) is 0 Å². The number of aryl methyl sites for hydroxylation is 1. The Morgan fingerprint density at radius 2 is 1.89 bits per heavy atom. The van der Waals surface area contributed by atoms with Gasteiger partial charge in [-0.2, -0.15) is 0 Å². The second kappa shape index (κ2) is 7.56. The number of aromatic nitrogens is 1. The lowest BCUT2D eigenvalue weighted by atomic mass is 9.99. The molecule has 1 aliphatic rings. The molecule has 3 rings (SSSR count). The van der Waals surface area contributed by atoms with E-state index in [-0.39, 0.29) is 24.0 Å². The van der Waals surface area contributed by atoms with Gasteiger partial charge in [-0.3, -0.25) is 4.79 Å². The van der Waals surface area contributed by atoms with E-state index in [9.17, 15) is 9.59 Å². The number of esters is 1. The topological polar surface area (TPSA) is 117 Å². The van der Waals surface area contributed by atoms with Crippen molar-refractivity contribution < 1.29 is 28.3 Å². The van der Waals surface area contributed by atoms with Gasteiger partial charge in [-0.05, 0) is 36.6 Å². The lowest BCUT2D eigenvalue weighted by Crippen LogP contribution is -2.38. The van der Waals surface area contributed by atoms with Crippen LogP contribution in [0.4, 0.5) is 5.88 Å². The largest absolute Gasteiger partial charge is 0.493 e. The molecule has 1 aromatic heterocycles. The Labute approximate surface area is 155 Å². The minimum Gasteiger partial charge on any atom is -0.493 e. The van der Waals surface area contributed by atoms with E-state index in [2.05, 4.69) is 5.16 Å². The van der Waals surface area contributed by atoms with Crippen LogP contribution in [0.3, 0.4) is 0 Å². The molecule has 0 bridgehead atoms. The first-order chi connectivity index (χ1) is 12.9. The predicted molar refractivity (Wildman–Crippen MR) is 94.6 cm³/mol. The summed E-state index contributed by atoms with van der Waals surface area (Å²) in [5, 5.41) is 3.59. The number of amides is 1. The third kappa shape index (κ3) is 3.67. The van der Waals surface area contributed by atoms with Crippen molar-refractivity contribution in [2.45, 2.75) is 19.9 Å². The van der Waals surface area contributed by atoms with Crippen LogP contribution in [0.1, 0.15) is 27.2 Å². The van der Waals surface area contributed by atoms with E-state index in [1.807, 2.05) is 12.1 Å². The van der Waals surface area contributed by atoms with Crippen LogP contribution in [0.15, 0.2) is 16.7 Å². The van der Waals surface area contributed by atoms with Crippen LogP contribution < -0.4 is 15.2 Å². The Morgan fingerprint density at radius 1 is 1.22 bits per heavy atom. The highest BCUT2D eigenvalue weighted by Crippen LogP contribution is 2.33. The molecule has 0 spiro atoms. The van der Waals surface area contributed by atoms with E-state index in [1.54, 1.807) is 26.0 Å². The van der Waals surface area contributed by atoms with Gasteiger partial charge in [-0.1, -0.05) is 5.16 Å². The molecule has 9 nitrogen and oxygen atoms in total. The predicted octanol–water partition coefficient (Wildman–Crippen LogP) is 1.32. The van der Waals surface area contributed by atoms with Crippen LogP contribution in [0, 0.1) is 6.92 Å². The Morgan fingerprint density at radius 3 is 2.48 bits per heavy atom. The second-order valence-electron chi connectivity index (χ2n) is 6.12. The van der Waals surface area contributed by atoms with Crippen LogP contribution in [-0.4, -0.2) is 49.3 Å². The van der Waals surface area contributed by atoms with Crippen molar-refractivity contribution in [1.29, 1.82) is 0 Å². The quantitative estimate of drug-likeness (QED) is 0.778. The highest BCUT2D eigenvalue weighted by molar-refractivity contribution is 5.96. The van der Waals surface area contributed by atoms with Gasteiger partial charge in [-0.25, -0.2) is 4.79 Å². The first-order valence-electron chi connectivity index (χ1n) is 8.35. The van der Waals surface area contributed by atoms with Crippen molar-refractivity contribution >= 4 is 17.8 Å². The highest BCUT2D eigenvalue weighted by Gasteiger charge is 2.25. The number of methoxy groups -OCH3 is 2. The summed E-state index contributed by atoms with van der Waals surface area (Å²) >= 11 is 0. The van der Waals surface area contributed by atoms with Gasteiger partial charge in [0.2, 0.25) is 5.88 Å². The SMILES string of the molecule is COc1cc2c(cc1OC)CN(C(=O)COC(=O)c1c(C)noc1N)CC2. The van der Waals surface area contributed by atoms with Gasteiger partial charge in [0, 0.05) is 13.1 Å². The van der Waals surface area contributed by atoms with Crippen molar-refractivity contribution in [3.63, 3.8) is 0 Å². The first-order valence-corrected chi connectivity index (χ1v) is 8.35. The van der Waals surface area contributed by atoms with E-state index in [0.717, 1.165) is 11.1 Å². The number of nitrogen functional groups attached to an aromatic ring is 1. The summed E-state index contributed by atoms with van der Waals surface area (Å²) in [6.45, 7) is 2.11. The summed E-state index contributed by atoms with van der Waals surface area (Å²) in [5.41, 5.74) is 7.98. The lowest BCUT2D eigenvalue weighted by Gasteiger charge is -2.29. The molecular formula is C18H21N3O6. The summed E-state index contributed by atoms with van der Waals surface area (Å²) in [6, 6.07) is 3.79. The van der Waals surface area contributed by atoms with E-state index >= 15 is 0 Å². The molecule has 2 N–H and O–H groups in total. The minimum absolute atomic E-state index is 0.0450. The molecule has 0 atom stereocenters. The third-order valence-corrected chi connectivity index (χ3v) is 4.49. The first kappa shape index (κ1) is 18.6. The molecule has 0 saturated heterocycles. The molecule has 0 fully saturated rings. The summed E-state index contributed by atoms with van der Waals surface area (Å²) in [6.07, 6.45) is 0.674. The van der Waals surface area contributed by atoms with Gasteiger partial charge in [0.15, 0.2) is 18.1 Å². The van der Waals surface area contributed by atoms with Crippen LogP contribution in [0.2, 0.25) is 0 Å². The van der Waals surface area contributed by atoms with Crippen molar-refractivity contribution in [3.05, 3.63) is 34.5 Å². The van der Waals surface area contributed by atoms with Crippen LogP contribution >= 0.6 is 0 Å². The van der Waals surface area contributed by atoms with Crippen LogP contribution in [0.5, 0.6) is 11.5 Å². The number of hydrogen-bond acceptors (Lipinski definition) is 8. The molecule has 144 valence electrons. The van der Waals surface area contributed by atoms with Crippen molar-refractivity contribution in [2.75, 3.05) is 33.1 Å². The molecule has 0 saturated carbocycles. The second-order valence-corrected chi connectivity index (χ2v) is 6.12. The number of anilines is 1. The average Bonchev–Trinajstić information content (AvgIpc) is 3.02. The average molecular weight is 375 g/mol. The number of nitrogens with zero attached hydrogens (tertiary/aromatic N) is 2. The molecule has 0 radical (unpaired) electrons. The van der Waals surface area contributed by atoms with Gasteiger partial charge in [0.25, 0.3) is 5.91 Å². The molecule has 0 unspecified atom stereocenters. The molecule has 27 heavy (non-hydrogen) atoms. The number of rotatable bonds is 5. The fourth-order valence-corrected chi connectivity index (χ4v) is 3.02. The Balaban J connectivity index is 1.65. The summed E-state index contributed by atoms with van der Waals surface area (Å²) in [4.78, 5) is 26.2. The van der Waals surface area contributed by atoms with E-state index in [0.29, 0.717) is 36.7 Å². The molecular weight excluding hydrogens is 354 g/mol. The number of benzene rings is 1. The molecule has 9 heteroatoms.